The first-order valence-corrected chi connectivity index (χ1v) is 7.21. The Labute approximate surface area is 113 Å². The SMILES string of the molecule is Cc1cccc(N)c1S(=O)(=O)NCC(C)(C)C(N)=O. The highest BCUT2D eigenvalue weighted by atomic mass is 32.2. The largest absolute Gasteiger partial charge is 0.398 e. The minimum Gasteiger partial charge on any atom is -0.398 e. The van der Waals surface area contributed by atoms with Crippen molar-refractivity contribution in [3.05, 3.63) is 23.8 Å². The summed E-state index contributed by atoms with van der Waals surface area (Å²) >= 11 is 0. The van der Waals surface area contributed by atoms with E-state index < -0.39 is 21.3 Å². The lowest BCUT2D eigenvalue weighted by molar-refractivity contribution is -0.125. The number of amides is 1. The van der Waals surface area contributed by atoms with Crippen LogP contribution in [-0.2, 0) is 14.8 Å². The number of anilines is 1. The van der Waals surface area contributed by atoms with Crippen LogP contribution in [0, 0.1) is 12.3 Å². The number of nitrogen functional groups attached to an aromatic ring is 1. The molecule has 1 aromatic rings. The van der Waals surface area contributed by atoms with E-state index in [2.05, 4.69) is 4.72 Å². The molecule has 7 heteroatoms. The van der Waals surface area contributed by atoms with Gasteiger partial charge in [0, 0.05) is 6.54 Å². The van der Waals surface area contributed by atoms with Gasteiger partial charge in [-0.2, -0.15) is 0 Å². The smallest absolute Gasteiger partial charge is 0.242 e. The van der Waals surface area contributed by atoms with E-state index in [-0.39, 0.29) is 17.1 Å². The normalized spacial score (nSPS) is 12.4. The minimum absolute atomic E-state index is 0.0373. The van der Waals surface area contributed by atoms with Gasteiger partial charge in [0.2, 0.25) is 15.9 Å². The molecular weight excluding hydrogens is 266 g/mol. The average molecular weight is 285 g/mol. The lowest BCUT2D eigenvalue weighted by Gasteiger charge is -2.21. The van der Waals surface area contributed by atoms with Crippen molar-refractivity contribution in [2.45, 2.75) is 25.7 Å². The molecule has 0 aromatic heterocycles. The molecule has 1 amide bonds. The zero-order chi connectivity index (χ0) is 14.8. The molecule has 0 aliphatic rings. The fraction of sp³-hybridized carbons (Fsp3) is 0.417. The van der Waals surface area contributed by atoms with Crippen molar-refractivity contribution in [3.63, 3.8) is 0 Å². The van der Waals surface area contributed by atoms with Crippen molar-refractivity contribution in [2.75, 3.05) is 12.3 Å². The molecule has 1 aromatic carbocycles. The van der Waals surface area contributed by atoms with Gasteiger partial charge < -0.3 is 11.5 Å². The first kappa shape index (κ1) is 15.5. The average Bonchev–Trinajstić information content (AvgIpc) is 2.26. The van der Waals surface area contributed by atoms with Crippen LogP contribution in [0.1, 0.15) is 19.4 Å². The second kappa shape index (κ2) is 5.18. The number of primary amides is 1. The van der Waals surface area contributed by atoms with Crippen molar-refractivity contribution in [1.82, 2.24) is 4.72 Å². The standard InChI is InChI=1S/C12H19N3O3S/c1-8-5-4-6-9(13)10(8)19(17,18)15-7-12(2,3)11(14)16/h4-6,15H,7,13H2,1-3H3,(H2,14,16). The first-order valence-electron chi connectivity index (χ1n) is 5.72. The molecule has 0 saturated carbocycles. The van der Waals surface area contributed by atoms with Crippen LogP contribution in [0.3, 0.4) is 0 Å². The topological polar surface area (TPSA) is 115 Å². The van der Waals surface area contributed by atoms with E-state index in [1.807, 2.05) is 0 Å². The maximum atomic E-state index is 12.2. The molecule has 5 N–H and O–H groups in total. The van der Waals surface area contributed by atoms with Gasteiger partial charge >= 0.3 is 0 Å². The Morgan fingerprint density at radius 2 is 1.95 bits per heavy atom. The monoisotopic (exact) mass is 285 g/mol. The molecular formula is C12H19N3O3S. The van der Waals surface area contributed by atoms with Gasteiger partial charge in [-0.15, -0.1) is 0 Å². The highest BCUT2D eigenvalue weighted by Crippen LogP contribution is 2.23. The Hall–Kier alpha value is -1.60. The molecule has 19 heavy (non-hydrogen) atoms. The number of aryl methyl sites for hydroxylation is 1. The van der Waals surface area contributed by atoms with Gasteiger partial charge in [0.15, 0.2) is 0 Å². The van der Waals surface area contributed by atoms with Crippen LogP contribution in [0.15, 0.2) is 23.1 Å². The molecule has 0 heterocycles. The third-order valence-corrected chi connectivity index (χ3v) is 4.50. The van der Waals surface area contributed by atoms with Gasteiger partial charge in [-0.1, -0.05) is 12.1 Å². The van der Waals surface area contributed by atoms with E-state index in [1.54, 1.807) is 32.9 Å². The second-order valence-electron chi connectivity index (χ2n) is 5.07. The quantitative estimate of drug-likeness (QED) is 0.678. The molecule has 0 aliphatic heterocycles. The highest BCUT2D eigenvalue weighted by molar-refractivity contribution is 7.89. The van der Waals surface area contributed by atoms with Crippen molar-refractivity contribution in [3.8, 4) is 0 Å². The van der Waals surface area contributed by atoms with Crippen molar-refractivity contribution >= 4 is 21.6 Å². The lowest BCUT2D eigenvalue weighted by atomic mass is 9.93. The molecule has 1 rings (SSSR count). The molecule has 0 spiro atoms. The zero-order valence-corrected chi connectivity index (χ0v) is 12.0. The van der Waals surface area contributed by atoms with Gasteiger partial charge in [-0.25, -0.2) is 13.1 Å². The summed E-state index contributed by atoms with van der Waals surface area (Å²) in [5.74, 6) is -0.576. The van der Waals surface area contributed by atoms with Crippen LogP contribution < -0.4 is 16.2 Å². The van der Waals surface area contributed by atoms with E-state index >= 15 is 0 Å². The molecule has 0 radical (unpaired) electrons. The van der Waals surface area contributed by atoms with Gasteiger partial charge in [-0.05, 0) is 32.4 Å². The molecule has 0 bridgehead atoms. The van der Waals surface area contributed by atoms with Crippen LogP contribution in [0.4, 0.5) is 5.69 Å². The van der Waals surface area contributed by atoms with E-state index in [0.717, 1.165) is 0 Å². The molecule has 0 fully saturated rings. The Morgan fingerprint density at radius 1 is 1.37 bits per heavy atom. The maximum absolute atomic E-state index is 12.2. The zero-order valence-electron chi connectivity index (χ0n) is 11.2. The highest BCUT2D eigenvalue weighted by Gasteiger charge is 2.28. The number of carbonyl (C=O) groups is 1. The van der Waals surface area contributed by atoms with E-state index in [0.29, 0.717) is 5.56 Å². The second-order valence-corrected chi connectivity index (χ2v) is 6.77. The number of nitrogens with one attached hydrogen (secondary N) is 1. The minimum atomic E-state index is -3.77. The molecule has 0 aliphatic carbocycles. The summed E-state index contributed by atoms with van der Waals surface area (Å²) in [4.78, 5) is 11.2. The third kappa shape index (κ3) is 3.45. The number of benzene rings is 1. The van der Waals surface area contributed by atoms with Crippen LogP contribution in [-0.4, -0.2) is 20.9 Å². The Bertz CT molecular complexity index is 574. The summed E-state index contributed by atoms with van der Waals surface area (Å²) < 4.78 is 26.8. The summed E-state index contributed by atoms with van der Waals surface area (Å²) in [6.07, 6.45) is 0. The fourth-order valence-electron chi connectivity index (χ4n) is 1.48. The summed E-state index contributed by atoms with van der Waals surface area (Å²) in [7, 11) is -3.77. The fourth-order valence-corrected chi connectivity index (χ4v) is 3.04. The maximum Gasteiger partial charge on any atom is 0.242 e. The summed E-state index contributed by atoms with van der Waals surface area (Å²) in [6.45, 7) is 4.71. The summed E-state index contributed by atoms with van der Waals surface area (Å²) in [5.41, 5.74) is 10.6. The summed E-state index contributed by atoms with van der Waals surface area (Å²) in [5, 5.41) is 0. The molecule has 0 unspecified atom stereocenters. The number of nitrogens with two attached hydrogens (primary N) is 2. The van der Waals surface area contributed by atoms with Crippen LogP contribution in [0.5, 0.6) is 0 Å². The molecule has 106 valence electrons. The van der Waals surface area contributed by atoms with Crippen LogP contribution >= 0.6 is 0 Å². The number of sulfonamides is 1. The van der Waals surface area contributed by atoms with E-state index in [1.165, 1.54) is 6.07 Å². The number of rotatable bonds is 5. The predicted octanol–water partition coefficient (Wildman–Crippen LogP) is 0.367. The van der Waals surface area contributed by atoms with Gasteiger partial charge in [0.25, 0.3) is 0 Å². The van der Waals surface area contributed by atoms with Gasteiger partial charge in [0.05, 0.1) is 11.1 Å². The predicted molar refractivity (Wildman–Crippen MR) is 73.8 cm³/mol. The Morgan fingerprint density at radius 3 is 2.42 bits per heavy atom. The summed E-state index contributed by atoms with van der Waals surface area (Å²) in [6, 6.07) is 4.85. The van der Waals surface area contributed by atoms with E-state index in [4.69, 9.17) is 11.5 Å². The number of hydrogen-bond acceptors (Lipinski definition) is 4. The number of carbonyl (C=O) groups excluding carboxylic acids is 1. The third-order valence-electron chi connectivity index (χ3n) is 2.88. The molecule has 0 atom stereocenters. The Kier molecular flexibility index (Phi) is 4.21. The lowest BCUT2D eigenvalue weighted by Crippen LogP contribution is -2.42. The van der Waals surface area contributed by atoms with Gasteiger partial charge in [-0.3, -0.25) is 4.79 Å². The van der Waals surface area contributed by atoms with Crippen LogP contribution in [0.25, 0.3) is 0 Å². The van der Waals surface area contributed by atoms with Crippen molar-refractivity contribution in [1.29, 1.82) is 0 Å². The Balaban J connectivity index is 3.04. The van der Waals surface area contributed by atoms with E-state index in [9.17, 15) is 13.2 Å². The van der Waals surface area contributed by atoms with Crippen LogP contribution in [0.2, 0.25) is 0 Å². The molecule has 6 nitrogen and oxygen atoms in total. The van der Waals surface area contributed by atoms with Crippen molar-refractivity contribution < 1.29 is 13.2 Å². The van der Waals surface area contributed by atoms with Gasteiger partial charge in [0.1, 0.15) is 4.90 Å². The number of hydrogen-bond donors (Lipinski definition) is 3. The first-order chi connectivity index (χ1) is 8.58. The molecule has 0 saturated heterocycles. The van der Waals surface area contributed by atoms with Crippen molar-refractivity contribution in [2.24, 2.45) is 11.1 Å².